The third-order valence-corrected chi connectivity index (χ3v) is 1.91. The average molecular weight is 266 g/mol. The second-order valence-electron chi connectivity index (χ2n) is 2.19. The minimum absolute atomic E-state index is 0.0449. The van der Waals surface area contributed by atoms with Gasteiger partial charge in [-0.05, 0) is 36.4 Å². The van der Waals surface area contributed by atoms with E-state index >= 15 is 0 Å². The molecule has 0 radical (unpaired) electrons. The van der Waals surface area contributed by atoms with Crippen molar-refractivity contribution in [2.24, 2.45) is 0 Å². The lowest BCUT2D eigenvalue weighted by atomic mass is 10.6. The van der Waals surface area contributed by atoms with E-state index in [1.54, 1.807) is 0 Å². The van der Waals surface area contributed by atoms with Gasteiger partial charge >= 0.3 is 0 Å². The minimum Gasteiger partial charge on any atom is -0.357 e. The van der Waals surface area contributed by atoms with Gasteiger partial charge in [-0.3, -0.25) is 0 Å². The lowest BCUT2D eigenvalue weighted by Crippen LogP contribution is -2.09. The molecule has 1 aromatic rings. The molecule has 0 spiro atoms. The number of rotatable bonds is 3. The maximum atomic E-state index is 5.34. The number of hydrogen-bond acceptors (Lipinski definition) is 2. The lowest BCUT2D eigenvalue weighted by Gasteiger charge is -2.10. The van der Waals surface area contributed by atoms with Crippen LogP contribution in [0.25, 0.3) is 0 Å². The van der Waals surface area contributed by atoms with Crippen molar-refractivity contribution >= 4 is 22.6 Å². The van der Waals surface area contributed by atoms with Crippen LogP contribution in [0.5, 0.6) is 0 Å². The molecule has 1 unspecified atom stereocenters. The van der Waals surface area contributed by atoms with Gasteiger partial charge in [0.15, 0.2) is 0 Å². The van der Waals surface area contributed by atoms with Crippen LogP contribution in [0, 0.1) is 3.57 Å². The predicted octanol–water partition coefficient (Wildman–Crippen LogP) is 2.04. The largest absolute Gasteiger partial charge is 0.357 e. The predicted molar refractivity (Wildman–Crippen MR) is 51.3 cm³/mol. The molecule has 0 aliphatic heterocycles. The summed E-state index contributed by atoms with van der Waals surface area (Å²) in [6.45, 7) is 4.68. The summed E-state index contributed by atoms with van der Waals surface area (Å²) in [6.07, 6.45) is 3.82. The number of aromatic nitrogens is 2. The summed E-state index contributed by atoms with van der Waals surface area (Å²) in [4.78, 5) is 0. The highest BCUT2D eigenvalue weighted by molar-refractivity contribution is 14.1. The van der Waals surface area contributed by atoms with Crippen LogP contribution >= 0.6 is 22.6 Å². The Morgan fingerprint density at radius 1 is 1.82 bits per heavy atom. The fourth-order valence-corrected chi connectivity index (χ4v) is 1.24. The number of halogens is 1. The molecule has 1 heterocycles. The van der Waals surface area contributed by atoms with Gasteiger partial charge in [0, 0.05) is 12.8 Å². The highest BCUT2D eigenvalue weighted by Gasteiger charge is 2.03. The van der Waals surface area contributed by atoms with Crippen LogP contribution in [0.4, 0.5) is 0 Å². The highest BCUT2D eigenvalue weighted by atomic mass is 127. The molecule has 0 aromatic carbocycles. The standard InChI is InChI=1S/C7H11IN2O/c1-3-11-6(2)10-5-7(8)4-9-10/h4-6H,3H2,1-2H3. The zero-order chi connectivity index (χ0) is 8.27. The summed E-state index contributed by atoms with van der Waals surface area (Å²) in [5.41, 5.74) is 0. The summed E-state index contributed by atoms with van der Waals surface area (Å²) in [7, 11) is 0. The zero-order valence-electron chi connectivity index (χ0n) is 6.62. The monoisotopic (exact) mass is 266 g/mol. The molecule has 0 N–H and O–H groups in total. The van der Waals surface area contributed by atoms with Gasteiger partial charge in [0.1, 0.15) is 6.23 Å². The summed E-state index contributed by atoms with van der Waals surface area (Å²) in [6, 6.07) is 0. The van der Waals surface area contributed by atoms with E-state index in [4.69, 9.17) is 4.74 Å². The molecule has 3 nitrogen and oxygen atoms in total. The first kappa shape index (κ1) is 8.99. The fraction of sp³-hybridized carbons (Fsp3) is 0.571. The van der Waals surface area contributed by atoms with Crippen molar-refractivity contribution in [1.82, 2.24) is 9.78 Å². The van der Waals surface area contributed by atoms with Gasteiger partial charge in [-0.1, -0.05) is 0 Å². The van der Waals surface area contributed by atoms with Gasteiger partial charge in [-0.15, -0.1) is 0 Å². The van der Waals surface area contributed by atoms with E-state index in [9.17, 15) is 0 Å². The Balaban J connectivity index is 2.60. The van der Waals surface area contributed by atoms with Gasteiger partial charge in [-0.25, -0.2) is 4.68 Å². The Hall–Kier alpha value is -0.100. The third kappa shape index (κ3) is 2.44. The normalized spacial score (nSPS) is 13.4. The molecule has 0 saturated carbocycles. The Bertz CT molecular complexity index is 224. The van der Waals surface area contributed by atoms with Crippen LogP contribution in [0.3, 0.4) is 0 Å². The molecule has 11 heavy (non-hydrogen) atoms. The van der Waals surface area contributed by atoms with E-state index in [1.165, 1.54) is 0 Å². The smallest absolute Gasteiger partial charge is 0.147 e. The Morgan fingerprint density at radius 3 is 3.00 bits per heavy atom. The molecule has 62 valence electrons. The van der Waals surface area contributed by atoms with Crippen molar-refractivity contribution < 1.29 is 4.74 Å². The molecular formula is C7H11IN2O. The first-order valence-corrected chi connectivity index (χ1v) is 4.63. The van der Waals surface area contributed by atoms with Crippen LogP contribution < -0.4 is 0 Å². The topological polar surface area (TPSA) is 27.1 Å². The second kappa shape index (κ2) is 4.06. The molecule has 0 aliphatic rings. The van der Waals surface area contributed by atoms with Gasteiger partial charge in [-0.2, -0.15) is 5.10 Å². The summed E-state index contributed by atoms with van der Waals surface area (Å²) in [5.74, 6) is 0. The molecule has 0 saturated heterocycles. The van der Waals surface area contributed by atoms with Crippen molar-refractivity contribution in [3.8, 4) is 0 Å². The zero-order valence-corrected chi connectivity index (χ0v) is 8.78. The summed E-state index contributed by atoms with van der Waals surface area (Å²) in [5, 5.41) is 4.12. The molecular weight excluding hydrogens is 255 g/mol. The Labute approximate surface area is 79.9 Å². The Morgan fingerprint density at radius 2 is 2.55 bits per heavy atom. The van der Waals surface area contributed by atoms with Crippen molar-refractivity contribution in [1.29, 1.82) is 0 Å². The maximum Gasteiger partial charge on any atom is 0.147 e. The SMILES string of the molecule is CCOC(C)n1cc(I)cn1. The number of ether oxygens (including phenoxy) is 1. The van der Waals surface area contributed by atoms with Crippen LogP contribution in [-0.4, -0.2) is 16.4 Å². The quantitative estimate of drug-likeness (QED) is 0.783. The summed E-state index contributed by atoms with van der Waals surface area (Å²) >= 11 is 2.22. The van der Waals surface area contributed by atoms with Gasteiger partial charge in [0.05, 0.1) is 9.77 Å². The fourth-order valence-electron chi connectivity index (χ4n) is 0.831. The Kier molecular flexibility index (Phi) is 3.32. The molecule has 0 aliphatic carbocycles. The van der Waals surface area contributed by atoms with Crippen molar-refractivity contribution in [2.45, 2.75) is 20.1 Å². The van der Waals surface area contributed by atoms with Gasteiger partial charge in [0.25, 0.3) is 0 Å². The third-order valence-electron chi connectivity index (χ3n) is 1.35. The van der Waals surface area contributed by atoms with Crippen LogP contribution in [-0.2, 0) is 4.74 Å². The number of nitrogens with zero attached hydrogens (tertiary/aromatic N) is 2. The first-order valence-electron chi connectivity index (χ1n) is 3.55. The maximum absolute atomic E-state index is 5.34. The van der Waals surface area contributed by atoms with E-state index in [-0.39, 0.29) is 6.23 Å². The van der Waals surface area contributed by atoms with E-state index < -0.39 is 0 Å². The lowest BCUT2D eigenvalue weighted by molar-refractivity contribution is 0.0159. The van der Waals surface area contributed by atoms with Crippen molar-refractivity contribution in [3.63, 3.8) is 0 Å². The molecule has 1 aromatic heterocycles. The molecule has 1 atom stereocenters. The first-order chi connectivity index (χ1) is 5.24. The molecule has 0 bridgehead atoms. The highest BCUT2D eigenvalue weighted by Crippen LogP contribution is 2.08. The second-order valence-corrected chi connectivity index (χ2v) is 3.44. The van der Waals surface area contributed by atoms with Crippen LogP contribution in [0.15, 0.2) is 12.4 Å². The van der Waals surface area contributed by atoms with Crippen molar-refractivity contribution in [3.05, 3.63) is 16.0 Å². The van der Waals surface area contributed by atoms with Crippen LogP contribution in [0.1, 0.15) is 20.1 Å². The molecule has 1 rings (SSSR count). The molecule has 0 amide bonds. The minimum atomic E-state index is 0.0449. The number of hydrogen-bond donors (Lipinski definition) is 0. The van der Waals surface area contributed by atoms with Gasteiger partial charge in [0.2, 0.25) is 0 Å². The summed E-state index contributed by atoms with van der Waals surface area (Å²) < 4.78 is 8.28. The molecule has 4 heteroatoms. The van der Waals surface area contributed by atoms with E-state index in [0.717, 1.165) is 10.2 Å². The van der Waals surface area contributed by atoms with Crippen LogP contribution in [0.2, 0.25) is 0 Å². The van der Waals surface area contributed by atoms with Crippen molar-refractivity contribution in [2.75, 3.05) is 6.61 Å². The van der Waals surface area contributed by atoms with E-state index in [1.807, 2.05) is 30.9 Å². The molecule has 0 fully saturated rings. The van der Waals surface area contributed by atoms with Gasteiger partial charge < -0.3 is 4.74 Å². The average Bonchev–Trinajstić information content (AvgIpc) is 2.36. The van der Waals surface area contributed by atoms with E-state index in [0.29, 0.717) is 0 Å². The van der Waals surface area contributed by atoms with E-state index in [2.05, 4.69) is 27.7 Å².